The summed E-state index contributed by atoms with van der Waals surface area (Å²) < 4.78 is 0. The number of amides is 1. The van der Waals surface area contributed by atoms with Crippen molar-refractivity contribution in [2.75, 3.05) is 17.6 Å². The Morgan fingerprint density at radius 2 is 2.10 bits per heavy atom. The lowest BCUT2D eigenvalue weighted by Gasteiger charge is -2.14. The summed E-state index contributed by atoms with van der Waals surface area (Å²) in [5.74, 6) is 0.941. The number of nitrogen functional groups attached to an aromatic ring is 1. The number of rotatable bonds is 6. The summed E-state index contributed by atoms with van der Waals surface area (Å²) in [6.07, 6.45) is 7.74. The van der Waals surface area contributed by atoms with Crippen LogP contribution in [-0.4, -0.2) is 18.5 Å². The van der Waals surface area contributed by atoms with Gasteiger partial charge in [-0.2, -0.15) is 0 Å². The fourth-order valence-corrected chi connectivity index (χ4v) is 3.88. The first-order chi connectivity index (χ1) is 9.66. The first kappa shape index (κ1) is 12.5. The van der Waals surface area contributed by atoms with Crippen LogP contribution in [-0.2, 0) is 0 Å². The molecule has 3 fully saturated rings. The second-order valence-electron chi connectivity index (χ2n) is 6.63. The Labute approximate surface area is 123 Å². The predicted molar refractivity (Wildman–Crippen MR) is 82.1 cm³/mol. The third-order valence-corrected chi connectivity index (χ3v) is 5.94. The van der Waals surface area contributed by atoms with E-state index in [4.69, 9.17) is 5.73 Å². The maximum absolute atomic E-state index is 12.1. The monoisotopic (exact) mass is 291 g/mol. The molecule has 108 valence electrons. The Bertz CT molecular complexity index is 541. The van der Waals surface area contributed by atoms with Gasteiger partial charge in [-0.25, -0.2) is 0 Å². The quantitative estimate of drug-likeness (QED) is 0.755. The van der Waals surface area contributed by atoms with E-state index in [2.05, 4.69) is 10.6 Å². The van der Waals surface area contributed by atoms with Crippen LogP contribution in [0.25, 0.3) is 0 Å². The van der Waals surface area contributed by atoms with Gasteiger partial charge in [0.25, 0.3) is 5.91 Å². The molecule has 1 aromatic heterocycles. The van der Waals surface area contributed by atoms with Crippen LogP contribution in [0.1, 0.15) is 48.2 Å². The van der Waals surface area contributed by atoms with Crippen LogP contribution in [0.15, 0.2) is 6.07 Å². The Balaban J connectivity index is 1.39. The fraction of sp³-hybridized carbons (Fsp3) is 0.667. The van der Waals surface area contributed by atoms with Crippen LogP contribution in [0.2, 0.25) is 0 Å². The van der Waals surface area contributed by atoms with Crippen LogP contribution in [0, 0.1) is 11.3 Å². The summed E-state index contributed by atoms with van der Waals surface area (Å²) in [4.78, 5) is 12.7. The predicted octanol–water partition coefficient (Wildman–Crippen LogP) is 2.82. The number of hydrogen-bond donors (Lipinski definition) is 3. The van der Waals surface area contributed by atoms with Gasteiger partial charge in [-0.1, -0.05) is 0 Å². The molecule has 0 radical (unpaired) electrons. The van der Waals surface area contributed by atoms with Crippen LogP contribution in [0.3, 0.4) is 0 Å². The van der Waals surface area contributed by atoms with E-state index < -0.39 is 0 Å². The van der Waals surface area contributed by atoms with E-state index in [0.29, 0.717) is 22.0 Å². The highest BCUT2D eigenvalue weighted by Gasteiger charge is 2.53. The average Bonchev–Trinajstić information content (AvgIpc) is 3.25. The number of anilines is 2. The normalized spacial score (nSPS) is 23.4. The lowest BCUT2D eigenvalue weighted by molar-refractivity contribution is 0.0956. The van der Waals surface area contributed by atoms with Crippen molar-refractivity contribution in [3.8, 4) is 0 Å². The smallest absolute Gasteiger partial charge is 0.263 e. The maximum atomic E-state index is 12.1. The lowest BCUT2D eigenvalue weighted by atomic mass is 10.0. The van der Waals surface area contributed by atoms with Crippen LogP contribution in [0.5, 0.6) is 0 Å². The zero-order chi connectivity index (χ0) is 13.7. The molecule has 0 atom stereocenters. The summed E-state index contributed by atoms with van der Waals surface area (Å²) in [6.45, 7) is 1.04. The summed E-state index contributed by atoms with van der Waals surface area (Å²) in [6, 6.07) is 2.29. The topological polar surface area (TPSA) is 67.1 Å². The van der Waals surface area contributed by atoms with Crippen molar-refractivity contribution < 1.29 is 4.79 Å². The molecule has 4 nitrogen and oxygen atoms in total. The molecule has 0 spiro atoms. The SMILES string of the molecule is Nc1cc(NCC2(C3CC3)CC2)sc1C(=O)NC1CC1. The molecule has 1 heterocycles. The third-order valence-electron chi connectivity index (χ3n) is 4.83. The van der Waals surface area contributed by atoms with E-state index in [1.807, 2.05) is 6.07 Å². The molecule has 0 saturated heterocycles. The van der Waals surface area contributed by atoms with Gasteiger partial charge in [-0.05, 0) is 55.9 Å². The number of thiophene rings is 1. The molecule has 0 aliphatic heterocycles. The molecule has 0 unspecified atom stereocenters. The van der Waals surface area contributed by atoms with Gasteiger partial charge in [0.05, 0.1) is 10.7 Å². The largest absolute Gasteiger partial charge is 0.397 e. The second kappa shape index (κ2) is 4.38. The maximum Gasteiger partial charge on any atom is 0.263 e. The molecule has 1 aromatic rings. The zero-order valence-corrected chi connectivity index (χ0v) is 12.4. The van der Waals surface area contributed by atoms with Crippen molar-refractivity contribution >= 4 is 27.9 Å². The summed E-state index contributed by atoms with van der Waals surface area (Å²) in [7, 11) is 0. The molecule has 3 saturated carbocycles. The lowest BCUT2D eigenvalue weighted by Crippen LogP contribution is -2.25. The summed E-state index contributed by atoms with van der Waals surface area (Å²) in [5.41, 5.74) is 7.14. The van der Waals surface area contributed by atoms with E-state index in [1.165, 1.54) is 37.0 Å². The molecule has 4 rings (SSSR count). The number of carbonyl (C=O) groups excluding carboxylic acids is 1. The Hall–Kier alpha value is -1.23. The van der Waals surface area contributed by atoms with Gasteiger partial charge in [-0.15, -0.1) is 11.3 Å². The van der Waals surface area contributed by atoms with Crippen LogP contribution in [0.4, 0.5) is 10.7 Å². The first-order valence-electron chi connectivity index (χ1n) is 7.60. The Morgan fingerprint density at radius 3 is 2.70 bits per heavy atom. The minimum Gasteiger partial charge on any atom is -0.397 e. The van der Waals surface area contributed by atoms with Gasteiger partial charge in [0.2, 0.25) is 0 Å². The molecule has 0 aromatic carbocycles. The van der Waals surface area contributed by atoms with Crippen molar-refractivity contribution in [1.82, 2.24) is 5.32 Å². The molecule has 4 N–H and O–H groups in total. The van der Waals surface area contributed by atoms with Crippen molar-refractivity contribution in [1.29, 1.82) is 0 Å². The van der Waals surface area contributed by atoms with Gasteiger partial charge in [0, 0.05) is 12.6 Å². The molecule has 1 amide bonds. The number of nitrogens with two attached hydrogens (primary N) is 1. The number of hydrogen-bond acceptors (Lipinski definition) is 4. The highest BCUT2D eigenvalue weighted by Crippen LogP contribution is 2.61. The molecule has 3 aliphatic carbocycles. The molecule has 3 aliphatic rings. The molecular formula is C15H21N3OS. The highest BCUT2D eigenvalue weighted by molar-refractivity contribution is 7.18. The van der Waals surface area contributed by atoms with Crippen molar-refractivity contribution in [2.24, 2.45) is 11.3 Å². The number of carbonyl (C=O) groups is 1. The standard InChI is InChI=1S/C15H21N3OS/c16-11-7-12(17-8-15(5-6-15)9-1-2-9)20-13(11)14(19)18-10-3-4-10/h7,9-10,17H,1-6,8,16H2,(H,18,19). The minimum absolute atomic E-state index is 0.00798. The van der Waals surface area contributed by atoms with Gasteiger partial charge >= 0.3 is 0 Å². The number of nitrogens with one attached hydrogen (secondary N) is 2. The molecule has 0 bridgehead atoms. The average molecular weight is 291 g/mol. The second-order valence-corrected chi connectivity index (χ2v) is 7.69. The third kappa shape index (κ3) is 2.39. The minimum atomic E-state index is -0.00798. The van der Waals surface area contributed by atoms with Gasteiger partial charge < -0.3 is 16.4 Å². The molecule has 5 heteroatoms. The Morgan fingerprint density at radius 1 is 1.35 bits per heavy atom. The molecular weight excluding hydrogens is 270 g/mol. The van der Waals surface area contributed by atoms with E-state index in [9.17, 15) is 4.79 Å². The van der Waals surface area contributed by atoms with E-state index >= 15 is 0 Å². The van der Waals surface area contributed by atoms with Gasteiger partial charge in [0.15, 0.2) is 0 Å². The summed E-state index contributed by atoms with van der Waals surface area (Å²) in [5, 5.41) is 7.55. The van der Waals surface area contributed by atoms with Gasteiger partial charge in [0.1, 0.15) is 4.88 Å². The van der Waals surface area contributed by atoms with E-state index in [0.717, 1.165) is 30.3 Å². The summed E-state index contributed by atoms with van der Waals surface area (Å²) >= 11 is 1.49. The van der Waals surface area contributed by atoms with Crippen molar-refractivity contribution in [3.05, 3.63) is 10.9 Å². The first-order valence-corrected chi connectivity index (χ1v) is 8.42. The van der Waals surface area contributed by atoms with E-state index in [1.54, 1.807) is 0 Å². The van der Waals surface area contributed by atoms with Crippen molar-refractivity contribution in [3.63, 3.8) is 0 Å². The van der Waals surface area contributed by atoms with Crippen LogP contribution >= 0.6 is 11.3 Å². The van der Waals surface area contributed by atoms with E-state index in [-0.39, 0.29) is 5.91 Å². The highest BCUT2D eigenvalue weighted by atomic mass is 32.1. The molecule has 20 heavy (non-hydrogen) atoms. The van der Waals surface area contributed by atoms with Crippen LogP contribution < -0.4 is 16.4 Å². The Kier molecular flexibility index (Phi) is 2.74. The fourth-order valence-electron chi connectivity index (χ4n) is 3.00. The van der Waals surface area contributed by atoms with Gasteiger partial charge in [-0.3, -0.25) is 4.79 Å². The van der Waals surface area contributed by atoms with Crippen molar-refractivity contribution in [2.45, 2.75) is 44.6 Å². The zero-order valence-electron chi connectivity index (χ0n) is 11.6.